The second-order valence-corrected chi connectivity index (χ2v) is 5.53. The van der Waals surface area contributed by atoms with E-state index in [1.54, 1.807) is 12.3 Å². The van der Waals surface area contributed by atoms with Gasteiger partial charge in [0.15, 0.2) is 0 Å². The van der Waals surface area contributed by atoms with Crippen LogP contribution in [0.4, 0.5) is 5.82 Å². The zero-order valence-electron chi connectivity index (χ0n) is 11.7. The monoisotopic (exact) mass is 279 g/mol. The lowest BCUT2D eigenvalue weighted by atomic mass is 10.0. The van der Waals surface area contributed by atoms with Gasteiger partial charge in [-0.1, -0.05) is 51.1 Å². The molecule has 1 aromatic rings. The zero-order valence-corrected chi connectivity index (χ0v) is 12.5. The maximum absolute atomic E-state index is 8.87. The van der Waals surface area contributed by atoms with Crippen molar-refractivity contribution in [3.63, 3.8) is 0 Å². The van der Waals surface area contributed by atoms with E-state index in [1.165, 1.54) is 25.7 Å². The maximum Gasteiger partial charge on any atom is 0.146 e. The summed E-state index contributed by atoms with van der Waals surface area (Å²) in [6, 6.07) is 3.68. The van der Waals surface area contributed by atoms with E-state index in [0.29, 0.717) is 16.4 Å². The fourth-order valence-electron chi connectivity index (χ4n) is 1.89. The average Bonchev–Trinajstić information content (AvgIpc) is 2.39. The van der Waals surface area contributed by atoms with Crippen molar-refractivity contribution < 1.29 is 0 Å². The van der Waals surface area contributed by atoms with Crippen molar-refractivity contribution in [2.24, 2.45) is 5.92 Å². The molecule has 0 saturated carbocycles. The van der Waals surface area contributed by atoms with Gasteiger partial charge in [-0.2, -0.15) is 5.26 Å². The van der Waals surface area contributed by atoms with Crippen LogP contribution < -0.4 is 5.32 Å². The summed E-state index contributed by atoms with van der Waals surface area (Å²) in [4.78, 5) is 4.15. The minimum atomic E-state index is 0.421. The van der Waals surface area contributed by atoms with Crippen molar-refractivity contribution in [1.82, 2.24) is 4.98 Å². The molecule has 104 valence electrons. The van der Waals surface area contributed by atoms with Gasteiger partial charge in [0.05, 0.1) is 5.56 Å². The number of anilines is 1. The molecule has 0 unspecified atom stereocenters. The van der Waals surface area contributed by atoms with Crippen molar-refractivity contribution in [2.45, 2.75) is 46.0 Å². The van der Waals surface area contributed by atoms with Crippen molar-refractivity contribution >= 4 is 17.4 Å². The summed E-state index contributed by atoms with van der Waals surface area (Å²) in [5, 5.41) is 12.5. The van der Waals surface area contributed by atoms with Gasteiger partial charge < -0.3 is 5.32 Å². The highest BCUT2D eigenvalue weighted by Crippen LogP contribution is 2.22. The summed E-state index contributed by atoms with van der Waals surface area (Å²) in [7, 11) is 0. The number of hydrogen-bond acceptors (Lipinski definition) is 3. The molecule has 0 aromatic carbocycles. The molecule has 0 aliphatic heterocycles. The summed E-state index contributed by atoms with van der Waals surface area (Å²) in [6.45, 7) is 5.37. The Bertz CT molecular complexity index is 424. The Kier molecular flexibility index (Phi) is 7.28. The number of halogens is 1. The molecule has 19 heavy (non-hydrogen) atoms. The number of nitrogens with one attached hydrogen (secondary N) is 1. The summed E-state index contributed by atoms with van der Waals surface area (Å²) < 4.78 is 0. The third-order valence-electron chi connectivity index (χ3n) is 3.01. The van der Waals surface area contributed by atoms with Crippen LogP contribution in [0, 0.1) is 17.2 Å². The van der Waals surface area contributed by atoms with E-state index >= 15 is 0 Å². The molecule has 0 atom stereocenters. The van der Waals surface area contributed by atoms with Gasteiger partial charge in [-0.3, -0.25) is 0 Å². The topological polar surface area (TPSA) is 48.7 Å². The third-order valence-corrected chi connectivity index (χ3v) is 3.39. The highest BCUT2D eigenvalue weighted by atomic mass is 35.5. The molecule has 1 N–H and O–H groups in total. The van der Waals surface area contributed by atoms with Crippen LogP contribution in [-0.2, 0) is 0 Å². The number of nitrogens with zero attached hydrogens (tertiary/aromatic N) is 2. The van der Waals surface area contributed by atoms with Crippen LogP contribution in [0.2, 0.25) is 5.02 Å². The lowest BCUT2D eigenvalue weighted by Crippen LogP contribution is -2.04. The number of nitriles is 1. The number of hydrogen-bond donors (Lipinski definition) is 1. The van der Waals surface area contributed by atoms with Crippen LogP contribution in [0.15, 0.2) is 12.3 Å². The van der Waals surface area contributed by atoms with E-state index in [0.717, 1.165) is 18.9 Å². The Hall–Kier alpha value is -1.27. The van der Waals surface area contributed by atoms with Crippen LogP contribution in [0.25, 0.3) is 0 Å². The Morgan fingerprint density at radius 3 is 2.74 bits per heavy atom. The molecule has 1 aromatic heterocycles. The summed E-state index contributed by atoms with van der Waals surface area (Å²) in [5.41, 5.74) is 0.469. The second kappa shape index (κ2) is 8.77. The van der Waals surface area contributed by atoms with Crippen molar-refractivity contribution in [2.75, 3.05) is 11.9 Å². The van der Waals surface area contributed by atoms with Gasteiger partial charge in [-0.25, -0.2) is 4.98 Å². The smallest absolute Gasteiger partial charge is 0.146 e. The first-order valence-electron chi connectivity index (χ1n) is 6.93. The molecule has 0 bridgehead atoms. The summed E-state index contributed by atoms with van der Waals surface area (Å²) in [5.74, 6) is 1.41. The standard InChI is InChI=1S/C15H22ClN3/c1-12(2)7-5-3-4-6-9-18-15-14(16)13(11-17)8-10-19-15/h8,10,12H,3-7,9H2,1-2H3,(H,18,19). The van der Waals surface area contributed by atoms with Crippen molar-refractivity contribution in [3.05, 3.63) is 22.8 Å². The van der Waals surface area contributed by atoms with Gasteiger partial charge >= 0.3 is 0 Å². The van der Waals surface area contributed by atoms with E-state index in [2.05, 4.69) is 30.2 Å². The van der Waals surface area contributed by atoms with Crippen molar-refractivity contribution in [3.8, 4) is 6.07 Å². The van der Waals surface area contributed by atoms with Gasteiger partial charge in [0.25, 0.3) is 0 Å². The molecule has 0 saturated heterocycles. The molecule has 1 heterocycles. The second-order valence-electron chi connectivity index (χ2n) is 5.16. The fourth-order valence-corrected chi connectivity index (χ4v) is 2.11. The summed E-state index contributed by atoms with van der Waals surface area (Å²) in [6.07, 6.45) is 7.82. The Labute approximate surface area is 121 Å². The third kappa shape index (κ3) is 5.94. The maximum atomic E-state index is 8.87. The van der Waals surface area contributed by atoms with E-state index < -0.39 is 0 Å². The van der Waals surface area contributed by atoms with E-state index in [-0.39, 0.29) is 0 Å². The number of aromatic nitrogens is 1. The van der Waals surface area contributed by atoms with Gasteiger partial charge in [0, 0.05) is 12.7 Å². The Morgan fingerprint density at radius 2 is 2.05 bits per heavy atom. The predicted molar refractivity (Wildman–Crippen MR) is 80.4 cm³/mol. The molecule has 0 aliphatic rings. The Morgan fingerprint density at radius 1 is 1.32 bits per heavy atom. The predicted octanol–water partition coefficient (Wildman–Crippen LogP) is 4.63. The number of pyridine rings is 1. The lowest BCUT2D eigenvalue weighted by Gasteiger charge is -2.08. The van der Waals surface area contributed by atoms with Crippen LogP contribution >= 0.6 is 11.6 Å². The first-order valence-corrected chi connectivity index (χ1v) is 7.31. The van der Waals surface area contributed by atoms with E-state index in [9.17, 15) is 0 Å². The molecule has 0 radical (unpaired) electrons. The first kappa shape index (κ1) is 15.8. The normalized spacial score (nSPS) is 10.5. The van der Waals surface area contributed by atoms with Crippen LogP contribution in [0.1, 0.15) is 51.5 Å². The molecule has 4 heteroatoms. The Balaban J connectivity index is 2.22. The molecule has 0 spiro atoms. The van der Waals surface area contributed by atoms with Gasteiger partial charge in [-0.15, -0.1) is 0 Å². The van der Waals surface area contributed by atoms with E-state index in [1.807, 2.05) is 0 Å². The average molecular weight is 280 g/mol. The van der Waals surface area contributed by atoms with Gasteiger partial charge in [0.2, 0.25) is 0 Å². The van der Waals surface area contributed by atoms with Crippen LogP contribution in [0.3, 0.4) is 0 Å². The van der Waals surface area contributed by atoms with Crippen LogP contribution in [-0.4, -0.2) is 11.5 Å². The highest BCUT2D eigenvalue weighted by molar-refractivity contribution is 6.34. The molecule has 0 aliphatic carbocycles. The van der Waals surface area contributed by atoms with Gasteiger partial charge in [-0.05, 0) is 18.4 Å². The molecule has 1 rings (SSSR count). The quantitative estimate of drug-likeness (QED) is 0.706. The number of rotatable bonds is 8. The lowest BCUT2D eigenvalue weighted by molar-refractivity contribution is 0.523. The minimum absolute atomic E-state index is 0.421. The van der Waals surface area contributed by atoms with Crippen LogP contribution in [0.5, 0.6) is 0 Å². The minimum Gasteiger partial charge on any atom is -0.369 e. The first-order chi connectivity index (χ1) is 9.15. The van der Waals surface area contributed by atoms with E-state index in [4.69, 9.17) is 16.9 Å². The van der Waals surface area contributed by atoms with Crippen molar-refractivity contribution in [1.29, 1.82) is 5.26 Å². The SMILES string of the molecule is CC(C)CCCCCCNc1nccc(C#N)c1Cl. The highest BCUT2D eigenvalue weighted by Gasteiger charge is 2.05. The molecular weight excluding hydrogens is 258 g/mol. The summed E-state index contributed by atoms with van der Waals surface area (Å²) >= 11 is 6.06. The fraction of sp³-hybridized carbons (Fsp3) is 0.600. The number of unbranched alkanes of at least 4 members (excludes halogenated alkanes) is 3. The van der Waals surface area contributed by atoms with Gasteiger partial charge in [0.1, 0.15) is 16.9 Å². The molecule has 0 fully saturated rings. The zero-order chi connectivity index (χ0) is 14.1. The molecular formula is C15H22ClN3. The molecule has 3 nitrogen and oxygen atoms in total. The largest absolute Gasteiger partial charge is 0.369 e. The molecule has 0 amide bonds.